The van der Waals surface area contributed by atoms with Crippen LogP contribution in [-0.4, -0.2) is 18.2 Å². The molecule has 1 amide bonds. The van der Waals surface area contributed by atoms with E-state index in [0.29, 0.717) is 6.54 Å². The first-order valence-corrected chi connectivity index (χ1v) is 6.10. The van der Waals surface area contributed by atoms with E-state index in [1.54, 1.807) is 0 Å². The van der Waals surface area contributed by atoms with Crippen molar-refractivity contribution in [2.24, 2.45) is 0 Å². The molecule has 0 aliphatic carbocycles. The molecule has 4 nitrogen and oxygen atoms in total. The molecule has 0 saturated heterocycles. The molecule has 0 spiro atoms. The van der Waals surface area contributed by atoms with Gasteiger partial charge in [0.2, 0.25) is 0 Å². The summed E-state index contributed by atoms with van der Waals surface area (Å²) < 4.78 is 5.20. The highest BCUT2D eigenvalue weighted by molar-refractivity contribution is 5.86. The summed E-state index contributed by atoms with van der Waals surface area (Å²) in [4.78, 5) is 11.7. The average Bonchev–Trinajstić information content (AvgIpc) is 2.27. The SMILES string of the molecule is C#CCNc1ccc(NC(=O)OC(C)(C)C)c(C)c1. The zero-order chi connectivity index (χ0) is 14.5. The van der Waals surface area contributed by atoms with E-state index in [4.69, 9.17) is 11.2 Å². The first-order valence-electron chi connectivity index (χ1n) is 6.10. The topological polar surface area (TPSA) is 50.4 Å². The van der Waals surface area contributed by atoms with Gasteiger partial charge in [-0.3, -0.25) is 5.32 Å². The summed E-state index contributed by atoms with van der Waals surface area (Å²) in [6.07, 6.45) is 4.72. The second-order valence-corrected chi connectivity index (χ2v) is 5.21. The van der Waals surface area contributed by atoms with Crippen LogP contribution in [0.1, 0.15) is 26.3 Å². The van der Waals surface area contributed by atoms with Crippen molar-refractivity contribution >= 4 is 17.5 Å². The maximum absolute atomic E-state index is 11.7. The normalized spacial score (nSPS) is 10.5. The van der Waals surface area contributed by atoms with Gasteiger partial charge >= 0.3 is 6.09 Å². The number of nitrogens with one attached hydrogen (secondary N) is 2. The second-order valence-electron chi connectivity index (χ2n) is 5.21. The minimum absolute atomic E-state index is 0.458. The van der Waals surface area contributed by atoms with Crippen LogP contribution in [0.2, 0.25) is 0 Å². The Balaban J connectivity index is 2.70. The van der Waals surface area contributed by atoms with Crippen LogP contribution in [0, 0.1) is 19.3 Å². The second kappa shape index (κ2) is 6.14. The molecule has 0 unspecified atom stereocenters. The summed E-state index contributed by atoms with van der Waals surface area (Å²) in [6.45, 7) is 7.86. The predicted molar refractivity (Wildman–Crippen MR) is 78.4 cm³/mol. The van der Waals surface area contributed by atoms with Crippen LogP contribution in [0.25, 0.3) is 0 Å². The fraction of sp³-hybridized carbons (Fsp3) is 0.400. The van der Waals surface area contributed by atoms with Crippen molar-refractivity contribution in [2.75, 3.05) is 17.2 Å². The standard InChI is InChI=1S/C15H20N2O2/c1-6-9-16-12-7-8-13(11(2)10-12)17-14(18)19-15(3,4)5/h1,7-8,10,16H,9H2,2-5H3,(H,17,18). The van der Waals surface area contributed by atoms with Crippen molar-refractivity contribution in [3.05, 3.63) is 23.8 Å². The molecule has 1 aromatic rings. The Kier molecular flexibility index (Phi) is 4.82. The van der Waals surface area contributed by atoms with Gasteiger partial charge in [-0.1, -0.05) is 5.92 Å². The van der Waals surface area contributed by atoms with Crippen LogP contribution in [0.15, 0.2) is 18.2 Å². The molecule has 0 aliphatic heterocycles. The van der Waals surface area contributed by atoms with Crippen molar-refractivity contribution in [3.8, 4) is 12.3 Å². The number of benzene rings is 1. The first kappa shape index (κ1) is 14.9. The van der Waals surface area contributed by atoms with E-state index >= 15 is 0 Å². The van der Waals surface area contributed by atoms with Crippen molar-refractivity contribution in [2.45, 2.75) is 33.3 Å². The number of ether oxygens (including phenoxy) is 1. The van der Waals surface area contributed by atoms with E-state index in [9.17, 15) is 4.79 Å². The summed E-state index contributed by atoms with van der Waals surface area (Å²) in [5.41, 5.74) is 2.07. The third-order valence-corrected chi connectivity index (χ3v) is 2.26. The van der Waals surface area contributed by atoms with Gasteiger partial charge in [-0.25, -0.2) is 4.79 Å². The molecular formula is C15H20N2O2. The molecule has 0 atom stereocenters. The van der Waals surface area contributed by atoms with Gasteiger partial charge in [-0.15, -0.1) is 6.42 Å². The Morgan fingerprint density at radius 1 is 1.42 bits per heavy atom. The number of amides is 1. The molecule has 0 aliphatic rings. The molecule has 0 saturated carbocycles. The van der Waals surface area contributed by atoms with Crippen LogP contribution in [-0.2, 0) is 4.74 Å². The van der Waals surface area contributed by atoms with Crippen molar-refractivity contribution < 1.29 is 9.53 Å². The van der Waals surface area contributed by atoms with Gasteiger partial charge in [0.1, 0.15) is 5.60 Å². The molecular weight excluding hydrogens is 240 g/mol. The van der Waals surface area contributed by atoms with E-state index in [1.807, 2.05) is 45.9 Å². The summed E-state index contributed by atoms with van der Waals surface area (Å²) in [5, 5.41) is 5.79. The average molecular weight is 260 g/mol. The van der Waals surface area contributed by atoms with Gasteiger partial charge in [0.25, 0.3) is 0 Å². The smallest absolute Gasteiger partial charge is 0.412 e. The molecule has 0 radical (unpaired) electrons. The number of carbonyl (C=O) groups excluding carboxylic acids is 1. The molecule has 2 N–H and O–H groups in total. The number of aryl methyl sites for hydroxylation is 1. The third-order valence-electron chi connectivity index (χ3n) is 2.26. The van der Waals surface area contributed by atoms with E-state index < -0.39 is 11.7 Å². The lowest BCUT2D eigenvalue weighted by Gasteiger charge is -2.20. The molecule has 1 aromatic carbocycles. The van der Waals surface area contributed by atoms with Gasteiger partial charge in [0.05, 0.1) is 6.54 Å². The van der Waals surface area contributed by atoms with Crippen molar-refractivity contribution in [3.63, 3.8) is 0 Å². The quantitative estimate of drug-likeness (QED) is 0.819. The highest BCUT2D eigenvalue weighted by Crippen LogP contribution is 2.20. The fourth-order valence-electron chi connectivity index (χ4n) is 1.48. The molecule has 0 aromatic heterocycles. The predicted octanol–water partition coefficient (Wildman–Crippen LogP) is 3.39. The van der Waals surface area contributed by atoms with E-state index in [1.165, 1.54) is 0 Å². The van der Waals surface area contributed by atoms with Gasteiger partial charge in [-0.2, -0.15) is 0 Å². The minimum Gasteiger partial charge on any atom is -0.444 e. The largest absolute Gasteiger partial charge is 0.444 e. The fourth-order valence-corrected chi connectivity index (χ4v) is 1.48. The molecule has 102 valence electrons. The number of carbonyl (C=O) groups is 1. The van der Waals surface area contributed by atoms with Crippen molar-refractivity contribution in [1.29, 1.82) is 0 Å². The van der Waals surface area contributed by atoms with Crippen LogP contribution >= 0.6 is 0 Å². The molecule has 0 bridgehead atoms. The zero-order valence-corrected chi connectivity index (χ0v) is 11.8. The highest BCUT2D eigenvalue weighted by atomic mass is 16.6. The molecule has 0 fully saturated rings. The van der Waals surface area contributed by atoms with E-state index in [-0.39, 0.29) is 0 Å². The van der Waals surface area contributed by atoms with E-state index in [0.717, 1.165) is 16.9 Å². The third kappa shape index (κ3) is 5.35. The maximum atomic E-state index is 11.7. The van der Waals surface area contributed by atoms with Crippen LogP contribution in [0.4, 0.5) is 16.2 Å². The van der Waals surface area contributed by atoms with Gasteiger partial charge in [0, 0.05) is 11.4 Å². The van der Waals surface area contributed by atoms with Crippen LogP contribution in [0.5, 0.6) is 0 Å². The lowest BCUT2D eigenvalue weighted by molar-refractivity contribution is 0.0636. The summed E-state index contributed by atoms with van der Waals surface area (Å²) in [7, 11) is 0. The molecule has 19 heavy (non-hydrogen) atoms. The molecule has 1 rings (SSSR count). The maximum Gasteiger partial charge on any atom is 0.412 e. The van der Waals surface area contributed by atoms with Gasteiger partial charge in [-0.05, 0) is 51.5 Å². The molecule has 0 heterocycles. The number of terminal acetylenes is 1. The lowest BCUT2D eigenvalue weighted by Crippen LogP contribution is -2.27. The number of anilines is 2. The summed E-state index contributed by atoms with van der Waals surface area (Å²) in [5.74, 6) is 2.51. The number of rotatable bonds is 3. The Morgan fingerprint density at radius 3 is 2.63 bits per heavy atom. The Bertz CT molecular complexity index is 496. The minimum atomic E-state index is -0.508. The summed E-state index contributed by atoms with van der Waals surface area (Å²) in [6, 6.07) is 5.60. The number of hydrogen-bond acceptors (Lipinski definition) is 3. The van der Waals surface area contributed by atoms with Crippen LogP contribution in [0.3, 0.4) is 0 Å². The summed E-state index contributed by atoms with van der Waals surface area (Å²) >= 11 is 0. The van der Waals surface area contributed by atoms with E-state index in [2.05, 4.69) is 16.6 Å². The zero-order valence-electron chi connectivity index (χ0n) is 11.8. The van der Waals surface area contributed by atoms with Gasteiger partial charge in [0.15, 0.2) is 0 Å². The highest BCUT2D eigenvalue weighted by Gasteiger charge is 2.16. The first-order chi connectivity index (χ1) is 8.81. The number of hydrogen-bond donors (Lipinski definition) is 2. The van der Waals surface area contributed by atoms with Crippen molar-refractivity contribution in [1.82, 2.24) is 0 Å². The Morgan fingerprint density at radius 2 is 2.11 bits per heavy atom. The van der Waals surface area contributed by atoms with Gasteiger partial charge < -0.3 is 10.1 Å². The Labute approximate surface area is 114 Å². The molecule has 4 heteroatoms. The Hall–Kier alpha value is -2.15. The van der Waals surface area contributed by atoms with Crippen LogP contribution < -0.4 is 10.6 Å². The monoisotopic (exact) mass is 260 g/mol. The lowest BCUT2D eigenvalue weighted by atomic mass is 10.1.